The zero-order valence-corrected chi connectivity index (χ0v) is 25.1. The molecule has 2 saturated heterocycles. The zero-order valence-electron chi connectivity index (χ0n) is 24.4. The Morgan fingerprint density at radius 1 is 1.05 bits per heavy atom. The van der Waals surface area contributed by atoms with Gasteiger partial charge in [0, 0.05) is 75.1 Å². The Morgan fingerprint density at radius 2 is 1.76 bits per heavy atom. The number of hydrogen-bond acceptors (Lipinski definition) is 9. The Bertz CT molecular complexity index is 1510. The molecule has 0 spiro atoms. The number of benzene rings is 1. The molecular formula is C29H37ClN6O5. The van der Waals surface area contributed by atoms with E-state index in [1.807, 2.05) is 25.7 Å². The van der Waals surface area contributed by atoms with Gasteiger partial charge < -0.3 is 29.3 Å². The highest BCUT2D eigenvalue weighted by Crippen LogP contribution is 2.39. The number of carbonyl (C=O) groups excluding carboxylic acids is 1. The predicted octanol–water partition coefficient (Wildman–Crippen LogP) is 3.97. The summed E-state index contributed by atoms with van der Waals surface area (Å²) < 4.78 is 18.1. The van der Waals surface area contributed by atoms with Gasteiger partial charge in [-0.15, -0.1) is 0 Å². The molecule has 0 aliphatic carbocycles. The van der Waals surface area contributed by atoms with Crippen molar-refractivity contribution >= 4 is 34.7 Å². The number of ether oxygens (including phenoxy) is 3. The first-order valence-corrected chi connectivity index (χ1v) is 14.1. The predicted molar refractivity (Wildman–Crippen MR) is 158 cm³/mol. The number of amides is 1. The third kappa shape index (κ3) is 5.92. The molecule has 1 N–H and O–H groups in total. The number of nitrogens with one attached hydrogen (secondary N) is 1. The van der Waals surface area contributed by atoms with Crippen LogP contribution in [0.25, 0.3) is 22.2 Å². The lowest BCUT2D eigenvalue weighted by atomic mass is 10.0. The maximum atomic E-state index is 14.0. The van der Waals surface area contributed by atoms with E-state index < -0.39 is 5.60 Å². The van der Waals surface area contributed by atoms with Crippen LogP contribution in [-0.4, -0.2) is 90.0 Å². The largest absolute Gasteiger partial charge is 0.497 e. The number of rotatable bonds is 7. The maximum absolute atomic E-state index is 14.0. The van der Waals surface area contributed by atoms with E-state index in [1.165, 1.54) is 7.11 Å². The summed E-state index contributed by atoms with van der Waals surface area (Å²) in [5, 5.41) is 3.99. The molecule has 0 bridgehead atoms. The molecule has 2 aliphatic heterocycles. The summed E-state index contributed by atoms with van der Waals surface area (Å²) in [6.07, 6.45) is 1.45. The van der Waals surface area contributed by atoms with Crippen molar-refractivity contribution in [3.8, 4) is 22.6 Å². The molecule has 0 saturated carbocycles. The summed E-state index contributed by atoms with van der Waals surface area (Å²) in [4.78, 5) is 39.8. The summed E-state index contributed by atoms with van der Waals surface area (Å²) in [5.74, 6) is 2.13. The van der Waals surface area contributed by atoms with Gasteiger partial charge in [-0.1, -0.05) is 11.6 Å². The monoisotopic (exact) mass is 584 g/mol. The first-order valence-electron chi connectivity index (χ1n) is 13.7. The topological polar surface area (TPSA) is 111 Å². The first-order chi connectivity index (χ1) is 19.5. The number of anilines is 1. The summed E-state index contributed by atoms with van der Waals surface area (Å²) in [7, 11) is 4.81. The fourth-order valence-corrected chi connectivity index (χ4v) is 5.99. The van der Waals surface area contributed by atoms with Crippen LogP contribution in [-0.2, 0) is 11.3 Å². The van der Waals surface area contributed by atoms with Crippen LogP contribution in [0.4, 0.5) is 10.7 Å². The fourth-order valence-electron chi connectivity index (χ4n) is 5.70. The summed E-state index contributed by atoms with van der Waals surface area (Å²) in [6.45, 7) is 9.81. The quantitative estimate of drug-likeness (QED) is 0.441. The van der Waals surface area contributed by atoms with E-state index >= 15 is 0 Å². The van der Waals surface area contributed by atoms with Crippen LogP contribution >= 0.6 is 11.6 Å². The van der Waals surface area contributed by atoms with Gasteiger partial charge in [0.05, 0.1) is 19.2 Å². The molecule has 220 valence electrons. The Kier molecular flexibility index (Phi) is 8.02. The van der Waals surface area contributed by atoms with Crippen LogP contribution in [0.5, 0.6) is 11.5 Å². The Labute approximate surface area is 244 Å². The van der Waals surface area contributed by atoms with Crippen molar-refractivity contribution in [2.45, 2.75) is 32.9 Å². The number of halogens is 1. The lowest BCUT2D eigenvalue weighted by Gasteiger charge is -2.26. The van der Waals surface area contributed by atoms with Crippen molar-refractivity contribution in [3.05, 3.63) is 39.8 Å². The lowest BCUT2D eigenvalue weighted by molar-refractivity contribution is 0.0274. The van der Waals surface area contributed by atoms with Crippen molar-refractivity contribution in [1.29, 1.82) is 0 Å². The molecule has 2 atom stereocenters. The molecular weight excluding hydrogens is 548 g/mol. The summed E-state index contributed by atoms with van der Waals surface area (Å²) in [5.41, 5.74) is 0.735. The number of aromatic nitrogens is 3. The maximum Gasteiger partial charge on any atom is 0.410 e. The van der Waals surface area contributed by atoms with Crippen LogP contribution in [0.15, 0.2) is 29.2 Å². The van der Waals surface area contributed by atoms with Gasteiger partial charge in [-0.05, 0) is 44.7 Å². The molecule has 0 radical (unpaired) electrons. The van der Waals surface area contributed by atoms with Gasteiger partial charge in [-0.3, -0.25) is 9.36 Å². The second kappa shape index (κ2) is 11.4. The van der Waals surface area contributed by atoms with Crippen LogP contribution < -0.4 is 20.3 Å². The molecule has 2 aliphatic rings. The number of carbonyl (C=O) groups is 1. The van der Waals surface area contributed by atoms with E-state index in [2.05, 4.69) is 20.2 Å². The molecule has 1 aromatic carbocycles. The highest BCUT2D eigenvalue weighted by molar-refractivity contribution is 6.35. The van der Waals surface area contributed by atoms with Crippen LogP contribution in [0.3, 0.4) is 0 Å². The van der Waals surface area contributed by atoms with Gasteiger partial charge in [0.25, 0.3) is 5.56 Å². The number of likely N-dealkylation sites (tertiary alicyclic amines) is 2. The molecule has 1 amide bonds. The van der Waals surface area contributed by atoms with Crippen molar-refractivity contribution < 1.29 is 19.0 Å². The van der Waals surface area contributed by atoms with E-state index in [9.17, 15) is 9.59 Å². The molecule has 4 heterocycles. The Morgan fingerprint density at radius 3 is 2.37 bits per heavy atom. The van der Waals surface area contributed by atoms with Crippen LogP contribution in [0, 0.1) is 11.8 Å². The van der Waals surface area contributed by atoms with E-state index in [4.69, 9.17) is 25.8 Å². The first kappa shape index (κ1) is 28.9. The third-order valence-electron chi connectivity index (χ3n) is 7.66. The third-order valence-corrected chi connectivity index (χ3v) is 8.05. The molecule has 3 aromatic rings. The van der Waals surface area contributed by atoms with Crippen molar-refractivity contribution in [2.24, 2.45) is 11.8 Å². The Hall–Kier alpha value is -3.57. The molecule has 2 aromatic heterocycles. The zero-order chi connectivity index (χ0) is 29.5. The minimum Gasteiger partial charge on any atom is -0.497 e. The second-order valence-corrected chi connectivity index (χ2v) is 12.0. The number of methoxy groups -OCH3 is 2. The minimum atomic E-state index is -0.512. The molecule has 12 heteroatoms. The van der Waals surface area contributed by atoms with E-state index in [-0.39, 0.29) is 11.7 Å². The van der Waals surface area contributed by atoms with E-state index in [1.54, 1.807) is 43.1 Å². The molecule has 2 fully saturated rings. The second-order valence-electron chi connectivity index (χ2n) is 11.6. The van der Waals surface area contributed by atoms with E-state index in [0.29, 0.717) is 82.6 Å². The van der Waals surface area contributed by atoms with Crippen molar-refractivity contribution in [3.63, 3.8) is 0 Å². The van der Waals surface area contributed by atoms with Gasteiger partial charge in [0.1, 0.15) is 22.7 Å². The van der Waals surface area contributed by atoms with Crippen LogP contribution in [0.1, 0.15) is 20.8 Å². The van der Waals surface area contributed by atoms with Gasteiger partial charge >= 0.3 is 6.09 Å². The smallest absolute Gasteiger partial charge is 0.410 e. The van der Waals surface area contributed by atoms with Crippen molar-refractivity contribution in [2.75, 3.05) is 59.3 Å². The number of pyridine rings is 1. The molecule has 41 heavy (non-hydrogen) atoms. The number of nitrogens with zero attached hydrogens (tertiary/aromatic N) is 5. The average molecular weight is 585 g/mol. The molecule has 11 nitrogen and oxygen atoms in total. The van der Waals surface area contributed by atoms with Gasteiger partial charge in [0.15, 0.2) is 0 Å². The summed E-state index contributed by atoms with van der Waals surface area (Å²) >= 11 is 6.69. The van der Waals surface area contributed by atoms with Crippen molar-refractivity contribution in [1.82, 2.24) is 24.3 Å². The number of fused-ring (bicyclic) bond motifs is 2. The SMILES string of the molecule is CNc1ncc2cc(-c3cc(OC)cc(OC)c3Cl)c(=O)n(CCN3CC4CN(C(=O)OC(C)(C)C)CC4C3)c2n1. The normalized spacial score (nSPS) is 19.0. The highest BCUT2D eigenvalue weighted by Gasteiger charge is 2.42. The standard InChI is InChI=1S/C29H37ClN6O5/c1-29(2,3)41-28(38)35-15-18-13-34(14-19(18)16-35)7-8-36-25-17(12-32-27(31-4)33-25)9-22(26(36)37)21-10-20(39-5)11-23(40-6)24(21)30/h9-12,18-19H,7-8,13-16H2,1-6H3,(H,31,32,33). The average Bonchev–Trinajstić information content (AvgIpc) is 3.51. The van der Waals surface area contributed by atoms with Gasteiger partial charge in [-0.2, -0.15) is 4.98 Å². The Balaban J connectivity index is 1.41. The summed E-state index contributed by atoms with van der Waals surface area (Å²) in [6, 6.07) is 5.18. The van der Waals surface area contributed by atoms with Crippen LogP contribution in [0.2, 0.25) is 5.02 Å². The highest BCUT2D eigenvalue weighted by atomic mass is 35.5. The minimum absolute atomic E-state index is 0.217. The van der Waals surface area contributed by atoms with E-state index in [0.717, 1.165) is 13.1 Å². The van der Waals surface area contributed by atoms with Gasteiger partial charge in [-0.25, -0.2) is 9.78 Å². The fraction of sp³-hybridized carbons (Fsp3) is 0.517. The van der Waals surface area contributed by atoms with Gasteiger partial charge in [0.2, 0.25) is 5.95 Å². The molecule has 2 unspecified atom stereocenters. The molecule has 5 rings (SSSR count). The lowest BCUT2D eigenvalue weighted by Crippen LogP contribution is -2.38. The number of hydrogen-bond donors (Lipinski definition) is 1.